The summed E-state index contributed by atoms with van der Waals surface area (Å²) in [6.45, 7) is 6.96. The van der Waals surface area contributed by atoms with Crippen molar-refractivity contribution in [2.75, 3.05) is 0 Å². The van der Waals surface area contributed by atoms with Crippen LogP contribution in [-0.2, 0) is 30.3 Å². The molecule has 1 unspecified atom stereocenters. The third-order valence-corrected chi connectivity index (χ3v) is 4.29. The number of hydrogen-bond acceptors (Lipinski definition) is 5. The summed E-state index contributed by atoms with van der Waals surface area (Å²) in [6.07, 6.45) is -2.06. The van der Waals surface area contributed by atoms with E-state index in [9.17, 15) is 14.7 Å². The predicted molar refractivity (Wildman–Crippen MR) is 102 cm³/mol. The molecule has 0 aliphatic rings. The molecular weight excluding hydrogens is 344 g/mol. The van der Waals surface area contributed by atoms with E-state index >= 15 is 0 Å². The van der Waals surface area contributed by atoms with Crippen LogP contribution in [0.1, 0.15) is 45.2 Å². The lowest BCUT2D eigenvalue weighted by Gasteiger charge is -2.28. The van der Waals surface area contributed by atoms with Gasteiger partial charge in [0.05, 0.1) is 6.42 Å². The number of esters is 2. The molecule has 2 rings (SSSR count). The lowest BCUT2D eigenvalue weighted by atomic mass is 9.98. The summed E-state index contributed by atoms with van der Waals surface area (Å²) < 4.78 is 10.9. The highest BCUT2D eigenvalue weighted by atomic mass is 16.6. The van der Waals surface area contributed by atoms with Crippen LogP contribution in [0.5, 0.6) is 0 Å². The molecule has 0 fully saturated rings. The maximum Gasteiger partial charge on any atom is 0.336 e. The number of rotatable bonds is 7. The van der Waals surface area contributed by atoms with Gasteiger partial charge in [-0.15, -0.1) is 0 Å². The first-order valence-electron chi connectivity index (χ1n) is 8.85. The summed E-state index contributed by atoms with van der Waals surface area (Å²) in [5, 5.41) is 10.1. The van der Waals surface area contributed by atoms with Crippen molar-refractivity contribution in [1.82, 2.24) is 0 Å². The SMILES string of the molecule is CC(C)(OC(=O)CC(O)C(=O)OC(C)(C)c1ccccc1)c1ccccc1. The molecule has 0 radical (unpaired) electrons. The van der Waals surface area contributed by atoms with Crippen molar-refractivity contribution in [1.29, 1.82) is 0 Å². The van der Waals surface area contributed by atoms with Crippen molar-refractivity contribution in [3.8, 4) is 0 Å². The molecule has 0 aliphatic carbocycles. The van der Waals surface area contributed by atoms with Crippen molar-refractivity contribution >= 4 is 11.9 Å². The summed E-state index contributed by atoms with van der Waals surface area (Å²) in [4.78, 5) is 24.4. The minimum absolute atomic E-state index is 0.472. The Morgan fingerprint density at radius 2 is 1.22 bits per heavy atom. The molecule has 2 aromatic carbocycles. The van der Waals surface area contributed by atoms with Crippen molar-refractivity contribution in [2.45, 2.75) is 51.4 Å². The van der Waals surface area contributed by atoms with Crippen molar-refractivity contribution < 1.29 is 24.2 Å². The number of ether oxygens (including phenoxy) is 2. The van der Waals surface area contributed by atoms with Gasteiger partial charge in [-0.05, 0) is 38.8 Å². The van der Waals surface area contributed by atoms with Crippen LogP contribution in [0, 0.1) is 0 Å². The Bertz CT molecular complexity index is 766. The van der Waals surface area contributed by atoms with Gasteiger partial charge < -0.3 is 14.6 Å². The minimum Gasteiger partial charge on any atom is -0.455 e. The molecule has 1 atom stereocenters. The molecule has 0 saturated heterocycles. The normalized spacial score (nSPS) is 12.9. The van der Waals surface area contributed by atoms with Gasteiger partial charge in [-0.1, -0.05) is 60.7 Å². The Hall–Kier alpha value is -2.66. The molecule has 0 bridgehead atoms. The third kappa shape index (κ3) is 5.66. The van der Waals surface area contributed by atoms with Crippen LogP contribution < -0.4 is 0 Å². The Morgan fingerprint density at radius 3 is 1.67 bits per heavy atom. The van der Waals surface area contributed by atoms with Gasteiger partial charge in [0.15, 0.2) is 6.10 Å². The quantitative estimate of drug-likeness (QED) is 0.753. The van der Waals surface area contributed by atoms with Gasteiger partial charge in [0.2, 0.25) is 0 Å². The summed E-state index contributed by atoms with van der Waals surface area (Å²) in [5.74, 6) is -1.54. The van der Waals surface area contributed by atoms with Gasteiger partial charge in [-0.2, -0.15) is 0 Å². The topological polar surface area (TPSA) is 72.8 Å². The summed E-state index contributed by atoms with van der Waals surface area (Å²) in [7, 11) is 0. The van der Waals surface area contributed by atoms with E-state index in [2.05, 4.69) is 0 Å². The number of carbonyl (C=O) groups excluding carboxylic acids is 2. The lowest BCUT2D eigenvalue weighted by molar-refractivity contribution is -0.174. The van der Waals surface area contributed by atoms with Crippen LogP contribution in [0.4, 0.5) is 0 Å². The smallest absolute Gasteiger partial charge is 0.336 e. The zero-order valence-electron chi connectivity index (χ0n) is 16.1. The Labute approximate surface area is 159 Å². The predicted octanol–water partition coefficient (Wildman–Crippen LogP) is 3.69. The summed E-state index contributed by atoms with van der Waals surface area (Å²) in [6, 6.07) is 18.5. The first kappa shape index (κ1) is 20.6. The van der Waals surface area contributed by atoms with Crippen molar-refractivity contribution in [3.05, 3.63) is 71.8 Å². The first-order valence-corrected chi connectivity index (χ1v) is 8.85. The number of hydrogen-bond donors (Lipinski definition) is 1. The molecule has 0 spiro atoms. The molecular formula is C22H26O5. The zero-order chi connectivity index (χ0) is 20.1. The second-order valence-electron chi connectivity index (χ2n) is 7.37. The van der Waals surface area contributed by atoms with Crippen molar-refractivity contribution in [2.24, 2.45) is 0 Å². The van der Waals surface area contributed by atoms with Crippen LogP contribution in [0.3, 0.4) is 0 Å². The van der Waals surface area contributed by atoms with E-state index in [1.807, 2.05) is 60.7 Å². The van der Waals surface area contributed by atoms with E-state index in [4.69, 9.17) is 9.47 Å². The first-order chi connectivity index (χ1) is 12.6. The van der Waals surface area contributed by atoms with Crippen LogP contribution in [0.25, 0.3) is 0 Å². The molecule has 0 amide bonds. The Morgan fingerprint density at radius 1 is 0.815 bits per heavy atom. The monoisotopic (exact) mass is 370 g/mol. The number of carbonyl (C=O) groups is 2. The van der Waals surface area contributed by atoms with E-state index in [-0.39, 0.29) is 0 Å². The molecule has 27 heavy (non-hydrogen) atoms. The highest BCUT2D eigenvalue weighted by Crippen LogP contribution is 2.27. The zero-order valence-corrected chi connectivity index (χ0v) is 16.1. The molecule has 5 nitrogen and oxygen atoms in total. The fourth-order valence-electron chi connectivity index (χ4n) is 2.68. The fourth-order valence-corrected chi connectivity index (χ4v) is 2.68. The van der Waals surface area contributed by atoms with Gasteiger partial charge in [0.1, 0.15) is 11.2 Å². The number of aliphatic hydroxyl groups excluding tert-OH is 1. The third-order valence-electron chi connectivity index (χ3n) is 4.29. The molecule has 0 saturated carbocycles. The van der Waals surface area contributed by atoms with E-state index in [1.165, 1.54) is 0 Å². The van der Waals surface area contributed by atoms with Crippen LogP contribution in [0.15, 0.2) is 60.7 Å². The maximum absolute atomic E-state index is 12.2. The standard InChI is InChI=1S/C22H26O5/c1-21(2,16-11-7-5-8-12-16)26-19(24)15-18(23)20(25)27-22(3,4)17-13-9-6-10-14-17/h5-14,18,23H,15H2,1-4H3. The van der Waals surface area contributed by atoms with E-state index in [0.29, 0.717) is 0 Å². The van der Waals surface area contributed by atoms with Crippen LogP contribution in [0.2, 0.25) is 0 Å². The maximum atomic E-state index is 12.2. The fraction of sp³-hybridized carbons (Fsp3) is 0.364. The molecule has 144 valence electrons. The molecule has 0 heterocycles. The largest absolute Gasteiger partial charge is 0.455 e. The Balaban J connectivity index is 1.95. The highest BCUT2D eigenvalue weighted by Gasteiger charge is 2.32. The van der Waals surface area contributed by atoms with Gasteiger partial charge in [0.25, 0.3) is 0 Å². The van der Waals surface area contributed by atoms with Gasteiger partial charge in [-0.3, -0.25) is 4.79 Å². The molecule has 2 aromatic rings. The molecule has 0 aromatic heterocycles. The molecule has 0 aliphatic heterocycles. The Kier molecular flexibility index (Phi) is 6.39. The van der Waals surface area contributed by atoms with Crippen LogP contribution >= 0.6 is 0 Å². The van der Waals surface area contributed by atoms with E-state index in [0.717, 1.165) is 11.1 Å². The molecule has 5 heteroatoms. The second-order valence-corrected chi connectivity index (χ2v) is 7.37. The second kappa shape index (κ2) is 8.35. The van der Waals surface area contributed by atoms with Gasteiger partial charge in [-0.25, -0.2) is 4.79 Å². The summed E-state index contributed by atoms with van der Waals surface area (Å²) in [5.41, 5.74) is -0.184. The van der Waals surface area contributed by atoms with Gasteiger partial charge in [0, 0.05) is 0 Å². The lowest BCUT2D eigenvalue weighted by Crippen LogP contribution is -2.35. The van der Waals surface area contributed by atoms with Gasteiger partial charge >= 0.3 is 11.9 Å². The summed E-state index contributed by atoms with van der Waals surface area (Å²) >= 11 is 0. The average Bonchev–Trinajstić information content (AvgIpc) is 2.62. The van der Waals surface area contributed by atoms with E-state index in [1.54, 1.807) is 27.7 Å². The average molecular weight is 370 g/mol. The molecule has 1 N–H and O–H groups in total. The number of benzene rings is 2. The van der Waals surface area contributed by atoms with Crippen molar-refractivity contribution in [3.63, 3.8) is 0 Å². The number of aliphatic hydroxyl groups is 1. The highest BCUT2D eigenvalue weighted by molar-refractivity contribution is 5.82. The van der Waals surface area contributed by atoms with E-state index < -0.39 is 35.7 Å². The minimum atomic E-state index is -1.59. The van der Waals surface area contributed by atoms with Crippen LogP contribution in [-0.4, -0.2) is 23.1 Å².